The Morgan fingerprint density at radius 1 is 1.47 bits per heavy atom. The number of imidazole rings is 1. The van der Waals surface area contributed by atoms with Crippen molar-refractivity contribution in [3.8, 4) is 0 Å². The molecular weight excluding hydrogens is 266 g/mol. The number of hydrogen-bond donors (Lipinski definition) is 0. The molecular formula is C13H16ClN3O2. The summed E-state index contributed by atoms with van der Waals surface area (Å²) in [4.78, 5) is 20.7. The fourth-order valence-electron chi connectivity index (χ4n) is 2.06. The zero-order valence-corrected chi connectivity index (χ0v) is 11.9. The number of pyridine rings is 1. The highest BCUT2D eigenvalue weighted by atomic mass is 35.5. The molecule has 2 aromatic heterocycles. The number of esters is 1. The van der Waals surface area contributed by atoms with Crippen LogP contribution in [0, 0.1) is 6.92 Å². The summed E-state index contributed by atoms with van der Waals surface area (Å²) in [5.74, 6) is 0.871. The monoisotopic (exact) mass is 281 g/mol. The van der Waals surface area contributed by atoms with Crippen molar-refractivity contribution in [1.82, 2.24) is 14.5 Å². The minimum atomic E-state index is -0.470. The molecule has 2 aromatic rings. The van der Waals surface area contributed by atoms with Gasteiger partial charge in [0.1, 0.15) is 17.4 Å². The van der Waals surface area contributed by atoms with Crippen LogP contribution < -0.4 is 0 Å². The van der Waals surface area contributed by atoms with Crippen molar-refractivity contribution in [3.05, 3.63) is 23.7 Å². The van der Waals surface area contributed by atoms with Gasteiger partial charge >= 0.3 is 5.97 Å². The number of hydrogen-bond acceptors (Lipinski definition) is 4. The average molecular weight is 282 g/mol. The van der Waals surface area contributed by atoms with Gasteiger partial charge in [0.2, 0.25) is 0 Å². The van der Waals surface area contributed by atoms with Gasteiger partial charge in [-0.1, -0.05) is 0 Å². The molecule has 0 radical (unpaired) electrons. The molecule has 0 spiro atoms. The Balaban J connectivity index is 2.62. The smallest absolute Gasteiger partial charge is 0.328 e. The summed E-state index contributed by atoms with van der Waals surface area (Å²) in [7, 11) is 1.37. The molecule has 102 valence electrons. The van der Waals surface area contributed by atoms with Crippen molar-refractivity contribution < 1.29 is 9.53 Å². The molecule has 0 aliphatic heterocycles. The second-order valence-electron chi connectivity index (χ2n) is 4.33. The number of rotatable bonds is 4. The van der Waals surface area contributed by atoms with E-state index >= 15 is 0 Å². The summed E-state index contributed by atoms with van der Waals surface area (Å²) in [6.07, 6.45) is 0.582. The van der Waals surface area contributed by atoms with E-state index < -0.39 is 6.04 Å². The summed E-state index contributed by atoms with van der Waals surface area (Å²) in [6, 6.07) is 3.32. The molecule has 5 nitrogen and oxygen atoms in total. The van der Waals surface area contributed by atoms with E-state index in [1.807, 2.05) is 19.1 Å². The molecule has 6 heteroatoms. The number of alkyl halides is 1. The first-order valence-corrected chi connectivity index (χ1v) is 6.60. The van der Waals surface area contributed by atoms with Crippen LogP contribution >= 0.6 is 11.6 Å². The molecule has 0 saturated carbocycles. The second-order valence-corrected chi connectivity index (χ2v) is 4.71. The maximum Gasteiger partial charge on any atom is 0.328 e. The quantitative estimate of drug-likeness (QED) is 0.637. The number of methoxy groups -OCH3 is 1. The highest BCUT2D eigenvalue weighted by Gasteiger charge is 2.22. The van der Waals surface area contributed by atoms with E-state index in [2.05, 4.69) is 9.97 Å². The fourth-order valence-corrected chi connectivity index (χ4v) is 2.23. The SMILES string of the molecule is COC(=O)C(C)n1c(CCCl)nc2ccc(C)nc21. The van der Waals surface area contributed by atoms with Crippen LogP contribution in [-0.4, -0.2) is 33.5 Å². The van der Waals surface area contributed by atoms with Crippen molar-refractivity contribution in [2.24, 2.45) is 0 Å². The molecule has 0 N–H and O–H groups in total. The number of halogens is 1. The first-order chi connectivity index (χ1) is 9.08. The summed E-state index contributed by atoms with van der Waals surface area (Å²) in [5.41, 5.74) is 2.34. The zero-order valence-electron chi connectivity index (χ0n) is 11.2. The number of aromatic nitrogens is 3. The number of ether oxygens (including phenoxy) is 1. The van der Waals surface area contributed by atoms with Crippen LogP contribution in [0.1, 0.15) is 24.5 Å². The molecule has 1 unspecified atom stereocenters. The first kappa shape index (κ1) is 13.8. The van der Waals surface area contributed by atoms with Gasteiger partial charge in [-0.05, 0) is 26.0 Å². The van der Waals surface area contributed by atoms with Gasteiger partial charge in [0, 0.05) is 18.0 Å². The van der Waals surface area contributed by atoms with Gasteiger partial charge in [-0.2, -0.15) is 0 Å². The van der Waals surface area contributed by atoms with Crippen molar-refractivity contribution in [2.75, 3.05) is 13.0 Å². The van der Waals surface area contributed by atoms with Crippen molar-refractivity contribution in [3.63, 3.8) is 0 Å². The van der Waals surface area contributed by atoms with E-state index in [1.165, 1.54) is 7.11 Å². The fraction of sp³-hybridized carbons (Fsp3) is 0.462. The minimum Gasteiger partial charge on any atom is -0.467 e. The highest BCUT2D eigenvalue weighted by Crippen LogP contribution is 2.21. The molecule has 0 aromatic carbocycles. The molecule has 2 rings (SSSR count). The van der Waals surface area contributed by atoms with Crippen LogP contribution in [0.25, 0.3) is 11.2 Å². The molecule has 0 amide bonds. The third kappa shape index (κ3) is 2.56. The van der Waals surface area contributed by atoms with Crippen LogP contribution in [0.5, 0.6) is 0 Å². The lowest BCUT2D eigenvalue weighted by Crippen LogP contribution is -2.20. The Bertz CT molecular complexity index is 609. The largest absolute Gasteiger partial charge is 0.467 e. The summed E-state index contributed by atoms with van der Waals surface area (Å²) in [6.45, 7) is 3.68. The molecule has 2 heterocycles. The number of carbonyl (C=O) groups excluding carboxylic acids is 1. The maximum absolute atomic E-state index is 11.8. The van der Waals surface area contributed by atoms with Gasteiger partial charge in [0.15, 0.2) is 5.65 Å². The van der Waals surface area contributed by atoms with E-state index in [0.717, 1.165) is 17.0 Å². The lowest BCUT2D eigenvalue weighted by Gasteiger charge is -2.14. The van der Waals surface area contributed by atoms with E-state index in [-0.39, 0.29) is 5.97 Å². The van der Waals surface area contributed by atoms with Crippen molar-refractivity contribution in [2.45, 2.75) is 26.3 Å². The van der Waals surface area contributed by atoms with Gasteiger partial charge in [-0.15, -0.1) is 11.6 Å². The first-order valence-electron chi connectivity index (χ1n) is 6.06. The van der Waals surface area contributed by atoms with Crippen LogP contribution in [0.2, 0.25) is 0 Å². The third-order valence-electron chi connectivity index (χ3n) is 3.00. The van der Waals surface area contributed by atoms with E-state index in [4.69, 9.17) is 16.3 Å². The number of carbonyl (C=O) groups is 1. The van der Waals surface area contributed by atoms with Crippen molar-refractivity contribution in [1.29, 1.82) is 0 Å². The number of aryl methyl sites for hydroxylation is 2. The topological polar surface area (TPSA) is 57.0 Å². The van der Waals surface area contributed by atoms with Crippen LogP contribution in [-0.2, 0) is 16.0 Å². The molecule has 0 saturated heterocycles. The molecule has 0 bridgehead atoms. The lowest BCUT2D eigenvalue weighted by atomic mass is 10.3. The van der Waals surface area contributed by atoms with E-state index in [9.17, 15) is 4.79 Å². The molecule has 0 aliphatic carbocycles. The van der Waals surface area contributed by atoms with Crippen LogP contribution in [0.4, 0.5) is 0 Å². The Morgan fingerprint density at radius 2 is 2.21 bits per heavy atom. The summed E-state index contributed by atoms with van der Waals surface area (Å²) < 4.78 is 6.60. The second kappa shape index (κ2) is 5.57. The Labute approximate surface area is 116 Å². The Hall–Kier alpha value is -1.62. The van der Waals surface area contributed by atoms with Gasteiger partial charge in [-0.3, -0.25) is 4.57 Å². The van der Waals surface area contributed by atoms with Crippen LogP contribution in [0.15, 0.2) is 12.1 Å². The maximum atomic E-state index is 11.8. The summed E-state index contributed by atoms with van der Waals surface area (Å²) >= 11 is 5.80. The standard InChI is InChI=1S/C13H16ClN3O2/c1-8-4-5-10-12(15-8)17(9(2)13(18)19-3)11(16-10)6-7-14/h4-5,9H,6-7H2,1-3H3. The third-order valence-corrected chi connectivity index (χ3v) is 3.19. The number of nitrogens with zero attached hydrogens (tertiary/aromatic N) is 3. The normalized spacial score (nSPS) is 12.6. The van der Waals surface area contributed by atoms with Crippen LogP contribution in [0.3, 0.4) is 0 Å². The van der Waals surface area contributed by atoms with Gasteiger partial charge < -0.3 is 4.74 Å². The lowest BCUT2D eigenvalue weighted by molar-refractivity contribution is -0.144. The van der Waals surface area contributed by atoms with E-state index in [1.54, 1.807) is 11.5 Å². The Kier molecular flexibility index (Phi) is 4.04. The summed E-state index contributed by atoms with van der Waals surface area (Å²) in [5, 5.41) is 0. The predicted octanol–water partition coefficient (Wildman–Crippen LogP) is 2.26. The Morgan fingerprint density at radius 3 is 2.84 bits per heavy atom. The average Bonchev–Trinajstić information content (AvgIpc) is 2.74. The van der Waals surface area contributed by atoms with E-state index in [0.29, 0.717) is 17.9 Å². The molecule has 0 fully saturated rings. The van der Waals surface area contributed by atoms with Crippen molar-refractivity contribution >= 4 is 28.7 Å². The van der Waals surface area contributed by atoms with Gasteiger partial charge in [0.05, 0.1) is 7.11 Å². The highest BCUT2D eigenvalue weighted by molar-refractivity contribution is 6.17. The molecule has 0 aliphatic rings. The number of fused-ring (bicyclic) bond motifs is 1. The zero-order chi connectivity index (χ0) is 14.0. The molecule has 1 atom stereocenters. The van der Waals surface area contributed by atoms with Gasteiger partial charge in [0.25, 0.3) is 0 Å². The molecule has 19 heavy (non-hydrogen) atoms. The predicted molar refractivity (Wildman–Crippen MR) is 73.4 cm³/mol. The minimum absolute atomic E-state index is 0.321. The van der Waals surface area contributed by atoms with Gasteiger partial charge in [-0.25, -0.2) is 14.8 Å².